The fourth-order valence-corrected chi connectivity index (χ4v) is 2.77. The summed E-state index contributed by atoms with van der Waals surface area (Å²) in [6.07, 6.45) is 0. The van der Waals surface area contributed by atoms with Crippen molar-refractivity contribution in [2.75, 3.05) is 0 Å². The van der Waals surface area contributed by atoms with Crippen molar-refractivity contribution in [3.63, 3.8) is 0 Å². The Hall–Kier alpha value is -1.29. The number of fused-ring (bicyclic) bond motifs is 1. The van der Waals surface area contributed by atoms with Crippen molar-refractivity contribution in [3.8, 4) is 0 Å². The van der Waals surface area contributed by atoms with Crippen LogP contribution in [0.2, 0.25) is 0 Å². The van der Waals surface area contributed by atoms with Gasteiger partial charge in [-0.05, 0) is 6.07 Å². The van der Waals surface area contributed by atoms with Crippen LogP contribution in [-0.4, -0.2) is 16.4 Å². The zero-order valence-electron chi connectivity index (χ0n) is 9.66. The number of hydrogen-bond acceptors (Lipinski definition) is 3. The molecular formula is C12H15N3S. The maximum atomic E-state index is 7.71. The van der Waals surface area contributed by atoms with Gasteiger partial charge in [-0.25, -0.2) is 4.99 Å². The van der Waals surface area contributed by atoms with Gasteiger partial charge in [-0.15, -0.1) is 11.8 Å². The van der Waals surface area contributed by atoms with Crippen LogP contribution >= 0.6 is 11.8 Å². The molecule has 0 saturated carbocycles. The predicted octanol–water partition coefficient (Wildman–Crippen LogP) is 2.62. The van der Waals surface area contributed by atoms with Crippen molar-refractivity contribution in [2.45, 2.75) is 30.4 Å². The largest absolute Gasteiger partial charge is 0.383 e. The molecule has 0 saturated heterocycles. The molecule has 1 heterocycles. The van der Waals surface area contributed by atoms with Crippen molar-refractivity contribution in [1.82, 2.24) is 0 Å². The maximum absolute atomic E-state index is 7.71. The van der Waals surface area contributed by atoms with Crippen molar-refractivity contribution in [1.29, 1.82) is 5.41 Å². The number of aliphatic imine (C=N–C) groups is 1. The molecule has 1 aromatic rings. The van der Waals surface area contributed by atoms with E-state index in [2.05, 4.69) is 25.8 Å². The molecule has 0 spiro atoms. The van der Waals surface area contributed by atoms with Gasteiger partial charge >= 0.3 is 0 Å². The fraction of sp³-hybridized carbons (Fsp3) is 0.333. The number of nitrogens with one attached hydrogen (secondary N) is 1. The number of hydrogen-bond donors (Lipinski definition) is 2. The number of benzene rings is 1. The number of thioether (sulfide) groups is 1. The van der Waals surface area contributed by atoms with Crippen LogP contribution in [0.1, 0.15) is 31.9 Å². The van der Waals surface area contributed by atoms with Crippen molar-refractivity contribution in [3.05, 3.63) is 29.3 Å². The van der Waals surface area contributed by atoms with Gasteiger partial charge in [0.15, 0.2) is 5.84 Å². The first-order valence-electron chi connectivity index (χ1n) is 5.14. The molecule has 0 radical (unpaired) electrons. The topological polar surface area (TPSA) is 62.2 Å². The highest BCUT2D eigenvalue weighted by Gasteiger charge is 2.24. The van der Waals surface area contributed by atoms with E-state index < -0.39 is 0 Å². The van der Waals surface area contributed by atoms with Crippen LogP contribution in [-0.2, 0) is 0 Å². The number of amidine groups is 2. The molecule has 1 aliphatic heterocycles. The third-order valence-electron chi connectivity index (χ3n) is 2.19. The zero-order chi connectivity index (χ0) is 11.9. The van der Waals surface area contributed by atoms with Gasteiger partial charge in [0, 0.05) is 20.8 Å². The Balaban J connectivity index is 2.50. The van der Waals surface area contributed by atoms with Crippen LogP contribution < -0.4 is 5.73 Å². The number of rotatable bonds is 1. The number of nitrogens with two attached hydrogens (primary N) is 1. The molecule has 0 bridgehead atoms. The third kappa shape index (κ3) is 1.97. The second-order valence-electron chi connectivity index (χ2n) is 4.74. The minimum Gasteiger partial charge on any atom is -0.383 e. The van der Waals surface area contributed by atoms with E-state index in [0.717, 1.165) is 16.0 Å². The Morgan fingerprint density at radius 1 is 1.31 bits per heavy atom. The van der Waals surface area contributed by atoms with E-state index in [4.69, 9.17) is 11.1 Å². The maximum Gasteiger partial charge on any atom is 0.154 e. The molecule has 4 heteroatoms. The molecule has 1 aromatic carbocycles. The SMILES string of the molecule is CC(C)(C)Sc1cccc2c1C(N)=NC2=N. The zero-order valence-corrected chi connectivity index (χ0v) is 10.5. The molecule has 0 fully saturated rings. The first-order chi connectivity index (χ1) is 7.38. The lowest BCUT2D eigenvalue weighted by molar-refractivity contribution is 0.802. The van der Waals surface area contributed by atoms with Crippen LogP contribution in [0.4, 0.5) is 0 Å². The van der Waals surface area contributed by atoms with E-state index in [9.17, 15) is 0 Å². The van der Waals surface area contributed by atoms with Crippen molar-refractivity contribution in [2.24, 2.45) is 10.7 Å². The van der Waals surface area contributed by atoms with Gasteiger partial charge in [0.2, 0.25) is 0 Å². The Morgan fingerprint density at radius 2 is 2.00 bits per heavy atom. The lowest BCUT2D eigenvalue weighted by atomic mass is 10.1. The average Bonchev–Trinajstić information content (AvgIpc) is 2.41. The smallest absolute Gasteiger partial charge is 0.154 e. The summed E-state index contributed by atoms with van der Waals surface area (Å²) in [4.78, 5) is 5.12. The van der Waals surface area contributed by atoms with E-state index in [1.165, 1.54) is 0 Å². The van der Waals surface area contributed by atoms with E-state index in [1.54, 1.807) is 11.8 Å². The molecule has 1 aliphatic rings. The molecule has 0 unspecified atom stereocenters. The molecule has 3 nitrogen and oxygen atoms in total. The van der Waals surface area contributed by atoms with Crippen LogP contribution in [0.15, 0.2) is 28.1 Å². The normalized spacial score (nSPS) is 14.9. The first-order valence-corrected chi connectivity index (χ1v) is 5.95. The Bertz CT molecular complexity index is 484. The van der Waals surface area contributed by atoms with E-state index in [1.807, 2.05) is 18.2 Å². The molecule has 0 atom stereocenters. The fourth-order valence-electron chi connectivity index (χ4n) is 1.64. The Labute approximate surface area is 99.7 Å². The summed E-state index contributed by atoms with van der Waals surface area (Å²) in [5.74, 6) is 0.733. The molecule has 0 amide bonds. The van der Waals surface area contributed by atoms with Crippen LogP contribution in [0.25, 0.3) is 0 Å². The van der Waals surface area contributed by atoms with E-state index in [-0.39, 0.29) is 10.6 Å². The summed E-state index contributed by atoms with van der Waals surface area (Å²) in [6, 6.07) is 5.89. The van der Waals surface area contributed by atoms with Crippen molar-refractivity contribution >= 4 is 23.4 Å². The molecule has 0 aliphatic carbocycles. The first kappa shape index (κ1) is 11.2. The van der Waals surface area contributed by atoms with Gasteiger partial charge in [-0.1, -0.05) is 32.9 Å². The quantitative estimate of drug-likeness (QED) is 0.732. The summed E-state index contributed by atoms with van der Waals surface area (Å²) in [5.41, 5.74) is 7.62. The van der Waals surface area contributed by atoms with Crippen LogP contribution in [0.3, 0.4) is 0 Å². The highest BCUT2D eigenvalue weighted by molar-refractivity contribution is 8.00. The predicted molar refractivity (Wildman–Crippen MR) is 69.6 cm³/mol. The van der Waals surface area contributed by atoms with Gasteiger partial charge in [-0.3, -0.25) is 5.41 Å². The van der Waals surface area contributed by atoms with Gasteiger partial charge in [-0.2, -0.15) is 0 Å². The molecule has 2 rings (SSSR count). The van der Waals surface area contributed by atoms with Crippen molar-refractivity contribution < 1.29 is 0 Å². The molecular weight excluding hydrogens is 218 g/mol. The van der Waals surface area contributed by atoms with Gasteiger partial charge < -0.3 is 5.73 Å². The lowest BCUT2D eigenvalue weighted by Crippen LogP contribution is -2.14. The van der Waals surface area contributed by atoms with Gasteiger partial charge in [0.05, 0.1) is 0 Å². The monoisotopic (exact) mass is 233 g/mol. The summed E-state index contributed by atoms with van der Waals surface area (Å²) in [7, 11) is 0. The molecule has 0 aromatic heterocycles. The summed E-state index contributed by atoms with van der Waals surface area (Å²) in [5, 5.41) is 7.71. The van der Waals surface area contributed by atoms with Crippen LogP contribution in [0.5, 0.6) is 0 Å². The van der Waals surface area contributed by atoms with E-state index in [0.29, 0.717) is 5.84 Å². The highest BCUT2D eigenvalue weighted by Crippen LogP contribution is 2.36. The average molecular weight is 233 g/mol. The van der Waals surface area contributed by atoms with Crippen LogP contribution in [0, 0.1) is 5.41 Å². The second-order valence-corrected chi connectivity index (χ2v) is 6.61. The third-order valence-corrected chi connectivity index (χ3v) is 3.36. The standard InChI is InChI=1S/C12H15N3S/c1-12(2,3)16-8-6-4-5-7-9(8)11(14)15-10(7)13/h4-6H,1-3H3,(H3,13,14,15). The summed E-state index contributed by atoms with van der Waals surface area (Å²) >= 11 is 1.75. The molecule has 84 valence electrons. The molecule has 3 N–H and O–H groups in total. The summed E-state index contributed by atoms with van der Waals surface area (Å²) < 4.78 is 0.125. The lowest BCUT2D eigenvalue weighted by Gasteiger charge is -2.19. The Kier molecular flexibility index (Phi) is 2.54. The highest BCUT2D eigenvalue weighted by atomic mass is 32.2. The molecule has 16 heavy (non-hydrogen) atoms. The number of nitrogens with zero attached hydrogens (tertiary/aromatic N) is 1. The minimum atomic E-state index is 0.125. The van der Waals surface area contributed by atoms with Gasteiger partial charge in [0.1, 0.15) is 5.84 Å². The summed E-state index contributed by atoms with van der Waals surface area (Å²) in [6.45, 7) is 6.47. The Morgan fingerprint density at radius 3 is 2.62 bits per heavy atom. The van der Waals surface area contributed by atoms with Gasteiger partial charge in [0.25, 0.3) is 0 Å². The second kappa shape index (κ2) is 3.63. The minimum absolute atomic E-state index is 0.125. The van der Waals surface area contributed by atoms with E-state index >= 15 is 0 Å².